The normalized spacial score (nSPS) is 46.3. The van der Waals surface area contributed by atoms with Crippen LogP contribution in [-0.4, -0.2) is 32.5 Å². The highest BCUT2D eigenvalue weighted by Gasteiger charge is 2.67. The van der Waals surface area contributed by atoms with E-state index in [-0.39, 0.29) is 16.6 Å². The summed E-state index contributed by atoms with van der Waals surface area (Å²) >= 11 is 6.34. The summed E-state index contributed by atoms with van der Waals surface area (Å²) in [7, 11) is -1.81. The topological polar surface area (TPSA) is 21.8 Å². The van der Waals surface area contributed by atoms with Gasteiger partial charge in [-0.15, -0.1) is 11.6 Å². The number of ether oxygens (including phenoxy) is 1. The molecule has 0 N–H and O–H groups in total. The SMILES string of the molecule is C[C@H](CCl)[C@H]1CC[C@H]2C3=CC=C4C[C@@H](O[Si](C)(C)C(C)(C)C)[C@@H]5O[C@@H]5[C@]4(C)[C@H]3CC[C@]12C. The van der Waals surface area contributed by atoms with Crippen LogP contribution in [0.2, 0.25) is 18.1 Å². The second-order valence-electron chi connectivity index (χ2n) is 13.7. The molecule has 0 spiro atoms. The van der Waals surface area contributed by atoms with Gasteiger partial charge in [-0.05, 0) is 79.3 Å². The zero-order valence-electron chi connectivity index (χ0n) is 21.6. The molecule has 0 unspecified atom stereocenters. The van der Waals surface area contributed by atoms with Crippen LogP contribution in [0, 0.1) is 34.5 Å². The van der Waals surface area contributed by atoms with Crippen LogP contribution in [0.5, 0.6) is 0 Å². The number of epoxide rings is 1. The predicted molar refractivity (Wildman–Crippen MR) is 137 cm³/mol. The Kier molecular flexibility index (Phi) is 5.50. The van der Waals surface area contributed by atoms with Crippen LogP contribution >= 0.6 is 11.6 Å². The van der Waals surface area contributed by atoms with E-state index in [1.807, 2.05) is 0 Å². The number of alkyl halides is 1. The van der Waals surface area contributed by atoms with Crippen molar-refractivity contribution in [2.45, 2.75) is 110 Å². The summed E-state index contributed by atoms with van der Waals surface area (Å²) in [6.07, 6.45) is 12.3. The zero-order chi connectivity index (χ0) is 23.3. The van der Waals surface area contributed by atoms with E-state index >= 15 is 0 Å². The smallest absolute Gasteiger partial charge is 0.192 e. The third-order valence-corrected chi connectivity index (χ3v) is 16.2. The monoisotopic (exact) mass is 476 g/mol. The Labute approximate surface area is 202 Å². The minimum Gasteiger partial charge on any atom is -0.411 e. The minimum atomic E-state index is -1.81. The minimum absolute atomic E-state index is 0.166. The van der Waals surface area contributed by atoms with Gasteiger partial charge in [0.05, 0.1) is 12.2 Å². The second-order valence-corrected chi connectivity index (χ2v) is 18.8. The van der Waals surface area contributed by atoms with Crippen LogP contribution in [0.1, 0.15) is 73.6 Å². The first-order chi connectivity index (χ1) is 14.8. The van der Waals surface area contributed by atoms with E-state index < -0.39 is 8.32 Å². The van der Waals surface area contributed by atoms with E-state index in [0.717, 1.165) is 24.1 Å². The maximum absolute atomic E-state index is 6.91. The van der Waals surface area contributed by atoms with Gasteiger partial charge in [-0.2, -0.15) is 0 Å². The van der Waals surface area contributed by atoms with E-state index in [2.05, 4.69) is 66.8 Å². The summed E-state index contributed by atoms with van der Waals surface area (Å²) in [5, 5.41) is 0.235. The standard InChI is InChI=1S/C28H45ClO2Si/c1-17(16-29)20-11-12-21-19-10-9-18-15-23(31-32(7,8)26(2,3)4)24-25(30-24)28(18,6)22(19)13-14-27(20,21)5/h9-10,17,20-25H,11-16H2,1-8H3/t17-,20-,21+,22+,23-,24+,25+,27-,28+/m1/s1. The van der Waals surface area contributed by atoms with Gasteiger partial charge in [-0.3, -0.25) is 0 Å². The van der Waals surface area contributed by atoms with Gasteiger partial charge in [-0.25, -0.2) is 0 Å². The van der Waals surface area contributed by atoms with Gasteiger partial charge in [0.2, 0.25) is 0 Å². The van der Waals surface area contributed by atoms with Crippen molar-refractivity contribution >= 4 is 19.9 Å². The van der Waals surface area contributed by atoms with Gasteiger partial charge in [-0.1, -0.05) is 64.8 Å². The van der Waals surface area contributed by atoms with Gasteiger partial charge in [0.25, 0.3) is 0 Å². The molecule has 5 rings (SSSR count). The van der Waals surface area contributed by atoms with Gasteiger partial charge in [0.1, 0.15) is 6.10 Å². The molecule has 0 bridgehead atoms. The highest BCUT2D eigenvalue weighted by atomic mass is 35.5. The molecule has 32 heavy (non-hydrogen) atoms. The van der Waals surface area contributed by atoms with Gasteiger partial charge in [0, 0.05) is 11.3 Å². The highest BCUT2D eigenvalue weighted by molar-refractivity contribution is 6.74. The fourth-order valence-corrected chi connectivity index (χ4v) is 9.65. The largest absolute Gasteiger partial charge is 0.411 e. The van der Waals surface area contributed by atoms with Crippen LogP contribution in [-0.2, 0) is 9.16 Å². The molecule has 180 valence electrons. The predicted octanol–water partition coefficient (Wildman–Crippen LogP) is 7.74. The van der Waals surface area contributed by atoms with Crippen molar-refractivity contribution in [1.29, 1.82) is 0 Å². The maximum Gasteiger partial charge on any atom is 0.192 e. The second kappa shape index (κ2) is 7.45. The van der Waals surface area contributed by atoms with Crippen LogP contribution in [0.25, 0.3) is 0 Å². The molecule has 0 amide bonds. The van der Waals surface area contributed by atoms with E-state index in [0.29, 0.717) is 29.5 Å². The average molecular weight is 477 g/mol. The van der Waals surface area contributed by atoms with E-state index in [4.69, 9.17) is 20.8 Å². The van der Waals surface area contributed by atoms with Crippen molar-refractivity contribution < 1.29 is 9.16 Å². The molecule has 4 fully saturated rings. The summed E-state index contributed by atoms with van der Waals surface area (Å²) < 4.78 is 13.4. The molecular weight excluding hydrogens is 432 g/mol. The van der Waals surface area contributed by atoms with Crippen LogP contribution in [0.4, 0.5) is 0 Å². The van der Waals surface area contributed by atoms with Crippen molar-refractivity contribution in [2.75, 3.05) is 5.88 Å². The molecule has 4 heteroatoms. The van der Waals surface area contributed by atoms with E-state index in [1.54, 1.807) is 11.1 Å². The molecule has 1 saturated heterocycles. The third kappa shape index (κ3) is 3.23. The Morgan fingerprint density at radius 1 is 1.16 bits per heavy atom. The lowest BCUT2D eigenvalue weighted by Crippen LogP contribution is -2.52. The van der Waals surface area contributed by atoms with Crippen LogP contribution < -0.4 is 0 Å². The number of allylic oxidation sites excluding steroid dienone is 3. The summed E-state index contributed by atoms with van der Waals surface area (Å²) in [5.74, 6) is 3.56. The van der Waals surface area contributed by atoms with Crippen molar-refractivity contribution in [3.8, 4) is 0 Å². The molecule has 0 aromatic rings. The first-order valence-corrected chi connectivity index (χ1v) is 16.6. The molecule has 0 radical (unpaired) electrons. The number of fused-ring (bicyclic) bond motifs is 7. The van der Waals surface area contributed by atoms with Crippen molar-refractivity contribution in [1.82, 2.24) is 0 Å². The molecule has 2 nitrogen and oxygen atoms in total. The molecule has 4 aliphatic carbocycles. The van der Waals surface area contributed by atoms with Crippen molar-refractivity contribution in [3.63, 3.8) is 0 Å². The average Bonchev–Trinajstić information content (AvgIpc) is 3.44. The number of halogens is 1. The van der Waals surface area contributed by atoms with Crippen LogP contribution in [0.15, 0.2) is 23.3 Å². The lowest BCUT2D eigenvalue weighted by Gasteiger charge is -2.54. The summed E-state index contributed by atoms with van der Waals surface area (Å²) in [4.78, 5) is 0. The summed E-state index contributed by atoms with van der Waals surface area (Å²) in [6.45, 7) is 19.3. The number of rotatable bonds is 4. The third-order valence-electron chi connectivity index (χ3n) is 11.2. The Morgan fingerprint density at radius 2 is 1.88 bits per heavy atom. The Morgan fingerprint density at radius 3 is 2.53 bits per heavy atom. The fraction of sp³-hybridized carbons (Fsp3) is 0.857. The van der Waals surface area contributed by atoms with E-state index in [9.17, 15) is 0 Å². The Bertz CT molecular complexity index is 841. The quantitative estimate of drug-likeness (QED) is 0.235. The molecular formula is C28H45ClO2Si. The maximum atomic E-state index is 6.91. The molecule has 1 heterocycles. The molecule has 0 aromatic carbocycles. The summed E-state index contributed by atoms with van der Waals surface area (Å²) in [5.41, 5.74) is 3.93. The lowest BCUT2D eigenvalue weighted by atomic mass is 9.50. The number of hydrogen-bond acceptors (Lipinski definition) is 2. The molecule has 3 saturated carbocycles. The van der Waals surface area contributed by atoms with E-state index in [1.165, 1.54) is 25.7 Å². The van der Waals surface area contributed by atoms with Crippen molar-refractivity contribution in [2.24, 2.45) is 34.5 Å². The Balaban J connectivity index is 1.42. The van der Waals surface area contributed by atoms with Gasteiger partial charge >= 0.3 is 0 Å². The first kappa shape index (κ1) is 23.6. The highest BCUT2D eigenvalue weighted by Crippen LogP contribution is 2.68. The van der Waals surface area contributed by atoms with Crippen molar-refractivity contribution in [3.05, 3.63) is 23.3 Å². The molecule has 1 aliphatic heterocycles. The first-order valence-electron chi connectivity index (χ1n) is 13.1. The lowest BCUT2D eigenvalue weighted by molar-refractivity contribution is 0.0464. The Hall–Kier alpha value is -0.0931. The molecule has 5 aliphatic rings. The molecule has 9 atom stereocenters. The fourth-order valence-electron chi connectivity index (χ4n) is 8.11. The number of hydrogen-bond donors (Lipinski definition) is 0. The van der Waals surface area contributed by atoms with Gasteiger partial charge in [0.15, 0.2) is 8.32 Å². The molecule has 0 aromatic heterocycles. The zero-order valence-corrected chi connectivity index (χ0v) is 23.4. The van der Waals surface area contributed by atoms with Crippen LogP contribution in [0.3, 0.4) is 0 Å². The van der Waals surface area contributed by atoms with Gasteiger partial charge < -0.3 is 9.16 Å². The summed E-state index contributed by atoms with van der Waals surface area (Å²) in [6, 6.07) is 0.